The lowest BCUT2D eigenvalue weighted by Crippen LogP contribution is -2.39. The molecule has 4 nitrogen and oxygen atoms in total. The summed E-state index contributed by atoms with van der Waals surface area (Å²) >= 11 is 0. The van der Waals surface area contributed by atoms with Gasteiger partial charge >= 0.3 is 0 Å². The van der Waals surface area contributed by atoms with Crippen molar-refractivity contribution in [1.29, 1.82) is 0 Å². The van der Waals surface area contributed by atoms with Crippen molar-refractivity contribution < 1.29 is 14.6 Å². The minimum atomic E-state index is -0.380. The predicted octanol–water partition coefficient (Wildman–Crippen LogP) is 1.03. The van der Waals surface area contributed by atoms with Crippen LogP contribution in [-0.2, 0) is 9.53 Å². The fraction of sp³-hybridized carbons (Fsp3) is 0.917. The summed E-state index contributed by atoms with van der Waals surface area (Å²) in [6.07, 6.45) is 2.72. The molecule has 1 aliphatic heterocycles. The number of hydrogen-bond acceptors (Lipinski definition) is 3. The molecule has 94 valence electrons. The first-order valence-corrected chi connectivity index (χ1v) is 6.08. The number of methoxy groups -OCH3 is 1. The smallest absolute Gasteiger partial charge is 0.222 e. The molecule has 0 radical (unpaired) electrons. The Bertz CT molecular complexity index is 210. The molecule has 1 atom stereocenters. The maximum absolute atomic E-state index is 11.8. The largest absolute Gasteiger partial charge is 0.393 e. The lowest BCUT2D eigenvalue weighted by molar-refractivity contribution is -0.133. The van der Waals surface area contributed by atoms with Crippen molar-refractivity contribution in [2.45, 2.75) is 38.7 Å². The van der Waals surface area contributed by atoms with E-state index in [0.29, 0.717) is 18.8 Å². The van der Waals surface area contributed by atoms with Crippen molar-refractivity contribution in [3.8, 4) is 0 Å². The van der Waals surface area contributed by atoms with E-state index in [4.69, 9.17) is 9.84 Å². The highest BCUT2D eigenvalue weighted by atomic mass is 16.5. The van der Waals surface area contributed by atoms with Crippen LogP contribution in [0.4, 0.5) is 0 Å². The number of carbonyl (C=O) groups is 1. The van der Waals surface area contributed by atoms with Gasteiger partial charge in [0.05, 0.1) is 6.10 Å². The van der Waals surface area contributed by atoms with Gasteiger partial charge in [0, 0.05) is 33.2 Å². The van der Waals surface area contributed by atoms with E-state index in [0.717, 1.165) is 32.5 Å². The van der Waals surface area contributed by atoms with Crippen LogP contribution in [0, 0.1) is 5.92 Å². The van der Waals surface area contributed by atoms with E-state index in [-0.39, 0.29) is 12.0 Å². The quantitative estimate of drug-likeness (QED) is 0.766. The molecule has 0 saturated carbocycles. The first-order valence-electron chi connectivity index (χ1n) is 6.08. The summed E-state index contributed by atoms with van der Waals surface area (Å²) in [4.78, 5) is 13.7. The maximum Gasteiger partial charge on any atom is 0.222 e. The summed E-state index contributed by atoms with van der Waals surface area (Å²) in [6.45, 7) is 4.20. The minimum absolute atomic E-state index is 0.178. The second-order valence-electron chi connectivity index (χ2n) is 4.67. The van der Waals surface area contributed by atoms with Gasteiger partial charge in [-0.05, 0) is 32.1 Å². The van der Waals surface area contributed by atoms with Gasteiger partial charge in [-0.25, -0.2) is 0 Å². The molecule has 0 aromatic rings. The Labute approximate surface area is 97.6 Å². The van der Waals surface area contributed by atoms with Crippen LogP contribution < -0.4 is 0 Å². The molecule has 1 heterocycles. The highest BCUT2D eigenvalue weighted by Gasteiger charge is 2.22. The van der Waals surface area contributed by atoms with Crippen LogP contribution in [-0.4, -0.2) is 48.8 Å². The number of carbonyl (C=O) groups excluding carboxylic acids is 1. The molecule has 1 rings (SSSR count). The molecule has 16 heavy (non-hydrogen) atoms. The van der Waals surface area contributed by atoms with Gasteiger partial charge in [0.1, 0.15) is 0 Å². The summed E-state index contributed by atoms with van der Waals surface area (Å²) in [7, 11) is 1.72. The molecule has 1 fully saturated rings. The van der Waals surface area contributed by atoms with Crippen LogP contribution in [0.1, 0.15) is 32.6 Å². The fourth-order valence-electron chi connectivity index (χ4n) is 2.08. The van der Waals surface area contributed by atoms with Gasteiger partial charge < -0.3 is 14.7 Å². The Kier molecular flexibility index (Phi) is 5.77. The summed E-state index contributed by atoms with van der Waals surface area (Å²) in [5, 5.41) is 9.12. The zero-order valence-electron chi connectivity index (χ0n) is 10.3. The molecular weight excluding hydrogens is 206 g/mol. The SMILES string of the molecule is COCC1CCN(C(=O)CCC(C)O)CC1. The molecule has 0 bridgehead atoms. The average Bonchev–Trinajstić information content (AvgIpc) is 2.27. The second kappa shape index (κ2) is 6.86. The first kappa shape index (κ1) is 13.5. The number of likely N-dealkylation sites (tertiary alicyclic amines) is 1. The second-order valence-corrected chi connectivity index (χ2v) is 4.67. The molecule has 0 spiro atoms. The van der Waals surface area contributed by atoms with Gasteiger partial charge in [-0.3, -0.25) is 4.79 Å². The number of ether oxygens (including phenoxy) is 1. The van der Waals surface area contributed by atoms with Crippen LogP contribution in [0.5, 0.6) is 0 Å². The zero-order valence-corrected chi connectivity index (χ0v) is 10.3. The van der Waals surface area contributed by atoms with E-state index >= 15 is 0 Å². The van der Waals surface area contributed by atoms with Gasteiger partial charge in [-0.15, -0.1) is 0 Å². The van der Waals surface area contributed by atoms with Gasteiger partial charge in [-0.2, -0.15) is 0 Å². The Morgan fingerprint density at radius 2 is 2.12 bits per heavy atom. The topological polar surface area (TPSA) is 49.8 Å². The summed E-state index contributed by atoms with van der Waals surface area (Å²) < 4.78 is 5.12. The highest BCUT2D eigenvalue weighted by molar-refractivity contribution is 5.76. The zero-order chi connectivity index (χ0) is 12.0. The maximum atomic E-state index is 11.8. The third-order valence-electron chi connectivity index (χ3n) is 3.15. The number of aliphatic hydroxyl groups excluding tert-OH is 1. The van der Waals surface area contributed by atoms with Crippen molar-refractivity contribution in [1.82, 2.24) is 4.90 Å². The van der Waals surface area contributed by atoms with Crippen molar-refractivity contribution in [2.24, 2.45) is 5.92 Å². The van der Waals surface area contributed by atoms with Crippen LogP contribution >= 0.6 is 0 Å². The molecule has 1 saturated heterocycles. The Balaban J connectivity index is 2.22. The standard InChI is InChI=1S/C12H23NO3/c1-10(14)3-4-12(15)13-7-5-11(6-8-13)9-16-2/h10-11,14H,3-9H2,1-2H3. The Morgan fingerprint density at radius 1 is 1.50 bits per heavy atom. The number of hydrogen-bond donors (Lipinski definition) is 1. The van der Waals surface area contributed by atoms with E-state index in [1.807, 2.05) is 4.90 Å². The molecule has 1 N–H and O–H groups in total. The summed E-state index contributed by atoms with van der Waals surface area (Å²) in [5.74, 6) is 0.780. The van der Waals surface area contributed by atoms with Gasteiger partial charge in [-0.1, -0.05) is 0 Å². The third kappa shape index (κ3) is 4.49. The van der Waals surface area contributed by atoms with Crippen molar-refractivity contribution in [3.05, 3.63) is 0 Å². The van der Waals surface area contributed by atoms with E-state index in [2.05, 4.69) is 0 Å². The monoisotopic (exact) mass is 229 g/mol. The molecule has 0 aromatic carbocycles. The number of rotatable bonds is 5. The summed E-state index contributed by atoms with van der Waals surface area (Å²) in [6, 6.07) is 0. The molecule has 0 aromatic heterocycles. The van der Waals surface area contributed by atoms with Gasteiger partial charge in [0.2, 0.25) is 5.91 Å². The summed E-state index contributed by atoms with van der Waals surface area (Å²) in [5.41, 5.74) is 0. The van der Waals surface area contributed by atoms with E-state index in [9.17, 15) is 4.79 Å². The van der Waals surface area contributed by atoms with E-state index in [1.54, 1.807) is 14.0 Å². The van der Waals surface area contributed by atoms with Gasteiger partial charge in [0.25, 0.3) is 0 Å². The van der Waals surface area contributed by atoms with Crippen molar-refractivity contribution in [3.63, 3.8) is 0 Å². The number of piperidine rings is 1. The Morgan fingerprint density at radius 3 is 2.62 bits per heavy atom. The molecule has 1 unspecified atom stereocenters. The number of nitrogens with zero attached hydrogens (tertiary/aromatic N) is 1. The lowest BCUT2D eigenvalue weighted by Gasteiger charge is -2.31. The minimum Gasteiger partial charge on any atom is -0.393 e. The van der Waals surface area contributed by atoms with Crippen molar-refractivity contribution in [2.75, 3.05) is 26.8 Å². The van der Waals surface area contributed by atoms with E-state index in [1.165, 1.54) is 0 Å². The average molecular weight is 229 g/mol. The van der Waals surface area contributed by atoms with Crippen LogP contribution in [0.25, 0.3) is 0 Å². The van der Waals surface area contributed by atoms with Crippen molar-refractivity contribution >= 4 is 5.91 Å². The fourth-order valence-corrected chi connectivity index (χ4v) is 2.08. The Hall–Kier alpha value is -0.610. The highest BCUT2D eigenvalue weighted by Crippen LogP contribution is 2.18. The number of aliphatic hydroxyl groups is 1. The third-order valence-corrected chi connectivity index (χ3v) is 3.15. The molecular formula is C12H23NO3. The van der Waals surface area contributed by atoms with E-state index < -0.39 is 0 Å². The molecule has 1 amide bonds. The van der Waals surface area contributed by atoms with Crippen LogP contribution in [0.2, 0.25) is 0 Å². The van der Waals surface area contributed by atoms with Crippen LogP contribution in [0.15, 0.2) is 0 Å². The van der Waals surface area contributed by atoms with Crippen LogP contribution in [0.3, 0.4) is 0 Å². The molecule has 4 heteroatoms. The number of amides is 1. The normalized spacial score (nSPS) is 19.8. The molecule has 0 aliphatic carbocycles. The molecule has 1 aliphatic rings. The first-order chi connectivity index (χ1) is 7.63. The van der Waals surface area contributed by atoms with Gasteiger partial charge in [0.15, 0.2) is 0 Å². The lowest BCUT2D eigenvalue weighted by atomic mass is 9.97. The predicted molar refractivity (Wildman–Crippen MR) is 62.1 cm³/mol.